The number of hydrogen-bond donors (Lipinski definition) is 2. The molecule has 2 amide bonds. The Kier molecular flexibility index (Phi) is 5.72. The Balaban J connectivity index is 2.75. The van der Waals surface area contributed by atoms with Gasteiger partial charge < -0.3 is 15.3 Å². The molecule has 2 atom stereocenters. The predicted octanol–water partition coefficient (Wildman–Crippen LogP) is 1.63. The zero-order valence-electron chi connectivity index (χ0n) is 13.7. The molecule has 2 unspecified atom stereocenters. The molecule has 0 aromatic rings. The van der Waals surface area contributed by atoms with Crippen molar-refractivity contribution in [3.63, 3.8) is 0 Å². The van der Waals surface area contributed by atoms with Crippen LogP contribution in [-0.2, 0) is 9.59 Å². The SMILES string of the molecule is CN(CC(=O)O)C(=O)NC1CC(C)(C)CC(C)(CN=C=O)C1. The monoisotopic (exact) mass is 311 g/mol. The maximum absolute atomic E-state index is 12.0. The maximum atomic E-state index is 12.0. The van der Waals surface area contributed by atoms with Crippen LogP contribution in [0.15, 0.2) is 4.99 Å². The van der Waals surface area contributed by atoms with Gasteiger partial charge in [0.2, 0.25) is 6.08 Å². The zero-order valence-corrected chi connectivity index (χ0v) is 13.7. The summed E-state index contributed by atoms with van der Waals surface area (Å²) in [6.07, 6.45) is 3.99. The minimum Gasteiger partial charge on any atom is -0.480 e. The summed E-state index contributed by atoms with van der Waals surface area (Å²) in [6.45, 7) is 6.34. The van der Waals surface area contributed by atoms with Crippen molar-refractivity contribution in [2.45, 2.75) is 46.1 Å². The Hall–Kier alpha value is -1.88. The minimum absolute atomic E-state index is 0.00865. The third-order valence-corrected chi connectivity index (χ3v) is 4.02. The molecule has 0 aromatic heterocycles. The minimum atomic E-state index is -1.05. The van der Waals surface area contributed by atoms with Crippen molar-refractivity contribution in [3.8, 4) is 0 Å². The molecule has 0 saturated heterocycles. The highest BCUT2D eigenvalue weighted by Crippen LogP contribution is 2.46. The van der Waals surface area contributed by atoms with E-state index >= 15 is 0 Å². The lowest BCUT2D eigenvalue weighted by Gasteiger charge is -2.46. The number of aliphatic imine (C=N–C) groups is 1. The van der Waals surface area contributed by atoms with Crippen LogP contribution in [-0.4, -0.2) is 54.3 Å². The van der Waals surface area contributed by atoms with Gasteiger partial charge in [0.1, 0.15) is 6.54 Å². The molecule has 1 rings (SSSR count). The average molecular weight is 311 g/mol. The van der Waals surface area contributed by atoms with E-state index in [0.29, 0.717) is 13.0 Å². The Morgan fingerprint density at radius 1 is 1.36 bits per heavy atom. The van der Waals surface area contributed by atoms with Crippen LogP contribution in [0.3, 0.4) is 0 Å². The van der Waals surface area contributed by atoms with Crippen molar-refractivity contribution in [1.29, 1.82) is 0 Å². The van der Waals surface area contributed by atoms with Crippen LogP contribution in [0.2, 0.25) is 0 Å². The molecule has 0 bridgehead atoms. The van der Waals surface area contributed by atoms with Gasteiger partial charge in [0.05, 0.1) is 6.54 Å². The van der Waals surface area contributed by atoms with Crippen LogP contribution in [0, 0.1) is 10.8 Å². The summed E-state index contributed by atoms with van der Waals surface area (Å²) >= 11 is 0. The van der Waals surface area contributed by atoms with Crippen LogP contribution < -0.4 is 5.32 Å². The van der Waals surface area contributed by atoms with Crippen LogP contribution in [0.4, 0.5) is 4.79 Å². The van der Waals surface area contributed by atoms with Crippen molar-refractivity contribution in [2.75, 3.05) is 20.1 Å². The molecule has 0 aromatic carbocycles. The standard InChI is InChI=1S/C15H25N3O4/c1-14(2)5-11(6-15(3,8-14)9-16-10-19)17-13(22)18(4)7-12(20)21/h11H,5-9H2,1-4H3,(H,17,22)(H,20,21). The number of carboxylic acid groups (broad SMARTS) is 1. The van der Waals surface area contributed by atoms with Gasteiger partial charge in [-0.15, -0.1) is 0 Å². The normalized spacial score (nSPS) is 26.6. The molecule has 1 saturated carbocycles. The first-order valence-electron chi connectivity index (χ1n) is 7.34. The molecule has 2 N–H and O–H groups in total. The van der Waals surface area contributed by atoms with Crippen molar-refractivity contribution in [2.24, 2.45) is 15.8 Å². The summed E-state index contributed by atoms with van der Waals surface area (Å²) in [5, 5.41) is 11.6. The number of likely N-dealkylation sites (N-methyl/N-ethyl adjacent to an activating group) is 1. The first-order chi connectivity index (χ1) is 10.1. The van der Waals surface area contributed by atoms with Crippen molar-refractivity contribution < 1.29 is 19.5 Å². The number of rotatable bonds is 5. The number of isocyanates is 1. The Labute approximate surface area is 130 Å². The van der Waals surface area contributed by atoms with Gasteiger partial charge in [-0.1, -0.05) is 20.8 Å². The second-order valence-electron chi connectivity index (χ2n) is 7.36. The smallest absolute Gasteiger partial charge is 0.323 e. The molecule has 0 heterocycles. The highest BCUT2D eigenvalue weighted by molar-refractivity contribution is 5.80. The number of carbonyl (C=O) groups is 2. The third-order valence-electron chi connectivity index (χ3n) is 4.02. The second kappa shape index (κ2) is 6.92. The van der Waals surface area contributed by atoms with Gasteiger partial charge in [-0.3, -0.25) is 4.79 Å². The zero-order chi connectivity index (χ0) is 17.0. The maximum Gasteiger partial charge on any atom is 0.323 e. The predicted molar refractivity (Wildman–Crippen MR) is 81.3 cm³/mol. The topological polar surface area (TPSA) is 99.1 Å². The van der Waals surface area contributed by atoms with E-state index in [1.165, 1.54) is 7.05 Å². The van der Waals surface area contributed by atoms with Crippen LogP contribution >= 0.6 is 0 Å². The van der Waals surface area contributed by atoms with E-state index in [-0.39, 0.29) is 23.4 Å². The summed E-state index contributed by atoms with van der Waals surface area (Å²) in [5.41, 5.74) is -0.169. The van der Waals surface area contributed by atoms with Gasteiger partial charge in [-0.2, -0.15) is 0 Å². The molecular formula is C15H25N3O4. The van der Waals surface area contributed by atoms with Crippen LogP contribution in [0.25, 0.3) is 0 Å². The molecule has 124 valence electrons. The van der Waals surface area contributed by atoms with Gasteiger partial charge in [-0.25, -0.2) is 14.6 Å². The van der Waals surface area contributed by atoms with Gasteiger partial charge in [0.25, 0.3) is 0 Å². The number of carboxylic acids is 1. The summed E-state index contributed by atoms with van der Waals surface area (Å²) in [6, 6.07) is -0.467. The molecule has 22 heavy (non-hydrogen) atoms. The van der Waals surface area contributed by atoms with Crippen LogP contribution in [0.1, 0.15) is 40.0 Å². The summed E-state index contributed by atoms with van der Waals surface area (Å²) in [4.78, 5) is 37.9. The van der Waals surface area contributed by atoms with Crippen molar-refractivity contribution in [3.05, 3.63) is 0 Å². The van der Waals surface area contributed by atoms with Gasteiger partial charge >= 0.3 is 12.0 Å². The fourth-order valence-electron chi connectivity index (χ4n) is 3.64. The van der Waals surface area contributed by atoms with E-state index in [1.807, 2.05) is 0 Å². The quantitative estimate of drug-likeness (QED) is 0.595. The van der Waals surface area contributed by atoms with E-state index in [0.717, 1.165) is 17.7 Å². The number of nitrogens with zero attached hydrogens (tertiary/aromatic N) is 2. The molecule has 1 aliphatic rings. The second-order valence-corrected chi connectivity index (χ2v) is 7.36. The average Bonchev–Trinajstić information content (AvgIpc) is 2.33. The molecule has 7 nitrogen and oxygen atoms in total. The molecule has 7 heteroatoms. The Morgan fingerprint density at radius 3 is 2.55 bits per heavy atom. The fraction of sp³-hybridized carbons (Fsp3) is 0.800. The van der Waals surface area contributed by atoms with E-state index in [1.54, 1.807) is 6.08 Å². The van der Waals surface area contributed by atoms with E-state index in [4.69, 9.17) is 5.11 Å². The van der Waals surface area contributed by atoms with Crippen molar-refractivity contribution >= 4 is 18.1 Å². The van der Waals surface area contributed by atoms with E-state index in [2.05, 4.69) is 31.1 Å². The highest BCUT2D eigenvalue weighted by atomic mass is 16.4. The summed E-state index contributed by atoms with van der Waals surface area (Å²) in [5.74, 6) is -1.05. The number of carbonyl (C=O) groups excluding carboxylic acids is 2. The lowest BCUT2D eigenvalue weighted by atomic mass is 9.62. The van der Waals surface area contributed by atoms with E-state index in [9.17, 15) is 14.4 Å². The molecule has 0 aliphatic heterocycles. The largest absolute Gasteiger partial charge is 0.480 e. The van der Waals surface area contributed by atoms with Crippen molar-refractivity contribution in [1.82, 2.24) is 10.2 Å². The van der Waals surface area contributed by atoms with Crippen LogP contribution in [0.5, 0.6) is 0 Å². The summed E-state index contributed by atoms with van der Waals surface area (Å²) < 4.78 is 0. The number of urea groups is 1. The van der Waals surface area contributed by atoms with Gasteiger partial charge in [-0.05, 0) is 30.1 Å². The lowest BCUT2D eigenvalue weighted by Crippen LogP contribution is -2.51. The first kappa shape index (κ1) is 18.2. The number of nitrogens with one attached hydrogen (secondary N) is 1. The Bertz CT molecular complexity index is 485. The number of amides is 2. The molecule has 0 spiro atoms. The molecular weight excluding hydrogens is 286 g/mol. The third kappa shape index (κ3) is 5.48. The molecule has 1 aliphatic carbocycles. The highest BCUT2D eigenvalue weighted by Gasteiger charge is 2.41. The van der Waals surface area contributed by atoms with Gasteiger partial charge in [0.15, 0.2) is 0 Å². The Morgan fingerprint density at radius 2 is 2.00 bits per heavy atom. The fourth-order valence-corrected chi connectivity index (χ4v) is 3.64. The number of aliphatic carboxylic acids is 1. The summed E-state index contributed by atoms with van der Waals surface area (Å²) in [7, 11) is 1.45. The van der Waals surface area contributed by atoms with E-state index < -0.39 is 12.0 Å². The van der Waals surface area contributed by atoms with Gasteiger partial charge in [0, 0.05) is 13.1 Å². The molecule has 1 fully saturated rings. The lowest BCUT2D eigenvalue weighted by molar-refractivity contribution is -0.137. The first-order valence-corrected chi connectivity index (χ1v) is 7.34. The molecule has 0 radical (unpaired) electrons. The number of hydrogen-bond acceptors (Lipinski definition) is 4.